The minimum atomic E-state index is -0.873. The van der Waals surface area contributed by atoms with Crippen LogP contribution in [0.15, 0.2) is 35.4 Å². The van der Waals surface area contributed by atoms with Crippen LogP contribution in [0, 0.1) is 25.7 Å². The van der Waals surface area contributed by atoms with Crippen LogP contribution in [0.4, 0.5) is 17.3 Å². The van der Waals surface area contributed by atoms with E-state index < -0.39 is 5.66 Å². The van der Waals surface area contributed by atoms with Crippen molar-refractivity contribution in [3.05, 3.63) is 52.2 Å². The van der Waals surface area contributed by atoms with Gasteiger partial charge in [0.15, 0.2) is 0 Å². The molecular weight excluding hydrogens is 368 g/mol. The van der Waals surface area contributed by atoms with E-state index in [2.05, 4.69) is 26.7 Å². The third kappa shape index (κ3) is 3.62. The zero-order valence-electron chi connectivity index (χ0n) is 16.7. The van der Waals surface area contributed by atoms with Crippen LogP contribution in [0.3, 0.4) is 0 Å². The van der Waals surface area contributed by atoms with Crippen LogP contribution in [-0.4, -0.2) is 20.9 Å². The average molecular weight is 394 g/mol. The normalized spacial score (nSPS) is 23.6. The molecule has 2 unspecified atom stereocenters. The number of aryl methyl sites for hydroxylation is 1. The number of nitrogen functional groups attached to an aromatic ring is 1. The Kier molecular flexibility index (Phi) is 4.86. The lowest BCUT2D eigenvalue weighted by Gasteiger charge is -2.40. The molecule has 2 aliphatic carbocycles. The second-order valence-corrected chi connectivity index (χ2v) is 8.05. The lowest BCUT2D eigenvalue weighted by Crippen LogP contribution is -2.53. The van der Waals surface area contributed by atoms with Crippen molar-refractivity contribution in [3.63, 3.8) is 0 Å². The first kappa shape index (κ1) is 19.2. The highest BCUT2D eigenvalue weighted by Gasteiger charge is 2.42. The summed E-state index contributed by atoms with van der Waals surface area (Å²) in [5.41, 5.74) is 6.76. The number of hydrogen-bond donors (Lipinski definition) is 3. The van der Waals surface area contributed by atoms with E-state index in [1.54, 1.807) is 16.7 Å². The summed E-state index contributed by atoms with van der Waals surface area (Å²) in [6.07, 6.45) is 10.2. The molecule has 2 aliphatic rings. The predicted octanol–water partition coefficient (Wildman–Crippen LogP) is 2.36. The van der Waals surface area contributed by atoms with Crippen LogP contribution in [0.2, 0.25) is 0 Å². The van der Waals surface area contributed by atoms with E-state index in [-0.39, 0.29) is 5.56 Å². The Bertz CT molecular complexity index is 1030. The van der Waals surface area contributed by atoms with Gasteiger partial charge in [-0.2, -0.15) is 0 Å². The Balaban J connectivity index is 1.82. The third-order valence-electron chi connectivity index (χ3n) is 6.05. The molecule has 2 aromatic rings. The molecule has 1 saturated carbocycles. The number of nitrogens with two attached hydrogens (primary N) is 1. The summed E-state index contributed by atoms with van der Waals surface area (Å²) >= 11 is 0. The topological polar surface area (TPSA) is 115 Å². The van der Waals surface area contributed by atoms with Crippen molar-refractivity contribution >= 4 is 23.7 Å². The molecular formula is C21H26N6O2. The van der Waals surface area contributed by atoms with Gasteiger partial charge in [0.2, 0.25) is 6.41 Å². The molecule has 29 heavy (non-hydrogen) atoms. The number of nitrogens with zero attached hydrogens (tertiary/aromatic N) is 3. The first-order chi connectivity index (χ1) is 13.9. The highest BCUT2D eigenvalue weighted by molar-refractivity contribution is 5.59. The highest BCUT2D eigenvalue weighted by Crippen LogP contribution is 2.45. The van der Waals surface area contributed by atoms with Crippen LogP contribution >= 0.6 is 0 Å². The van der Waals surface area contributed by atoms with Crippen molar-refractivity contribution in [1.82, 2.24) is 19.9 Å². The van der Waals surface area contributed by atoms with Crippen molar-refractivity contribution in [3.8, 4) is 0 Å². The lowest BCUT2D eigenvalue weighted by atomic mass is 9.82. The maximum atomic E-state index is 13.5. The Hall–Kier alpha value is -3.16. The Labute approximate surface area is 169 Å². The van der Waals surface area contributed by atoms with Crippen LogP contribution < -0.4 is 21.9 Å². The number of rotatable bonds is 6. The van der Waals surface area contributed by atoms with E-state index in [1.807, 2.05) is 19.9 Å². The van der Waals surface area contributed by atoms with Crippen molar-refractivity contribution in [1.29, 1.82) is 0 Å². The van der Waals surface area contributed by atoms with E-state index >= 15 is 0 Å². The Morgan fingerprint density at radius 1 is 1.24 bits per heavy atom. The summed E-state index contributed by atoms with van der Waals surface area (Å²) in [5.74, 6) is 1.89. The van der Waals surface area contributed by atoms with E-state index in [1.165, 1.54) is 19.2 Å². The lowest BCUT2D eigenvalue weighted by molar-refractivity contribution is -0.112. The number of nitrogens with one attached hydrogen (secondary N) is 2. The molecule has 0 bridgehead atoms. The number of pyridine rings is 1. The van der Waals surface area contributed by atoms with Crippen molar-refractivity contribution in [2.45, 2.75) is 45.2 Å². The number of aromatic nitrogens is 3. The molecule has 0 aliphatic heterocycles. The number of hydrogen-bond acceptors (Lipinski definition) is 6. The van der Waals surface area contributed by atoms with Gasteiger partial charge < -0.3 is 16.4 Å². The summed E-state index contributed by atoms with van der Waals surface area (Å²) in [5, 5.41) is 6.02. The molecule has 1 fully saturated rings. The standard InChI is InChI=1S/C21H26N6O2/c1-13-8-17(26-19-9-18(22)23-11-24-19)20(29)27(14(13)2)21(25-12-28)7-3-4-16(10-21)15-5-6-15/h3,7-9,11-12,15-16H,4-6,10H2,1-2H3,(H,25,28)(H3,22,23,24,26). The first-order valence-corrected chi connectivity index (χ1v) is 9.91. The van der Waals surface area contributed by atoms with Crippen LogP contribution in [0.25, 0.3) is 0 Å². The molecule has 4 rings (SSSR count). The molecule has 8 heteroatoms. The van der Waals surface area contributed by atoms with Gasteiger partial charge in [-0.1, -0.05) is 6.08 Å². The first-order valence-electron chi connectivity index (χ1n) is 9.91. The fraction of sp³-hybridized carbons (Fsp3) is 0.429. The molecule has 2 atom stereocenters. The van der Waals surface area contributed by atoms with E-state index in [0.29, 0.717) is 42.0 Å². The maximum absolute atomic E-state index is 13.5. The molecule has 8 nitrogen and oxygen atoms in total. The minimum Gasteiger partial charge on any atom is -0.384 e. The van der Waals surface area contributed by atoms with Gasteiger partial charge in [0.05, 0.1) is 0 Å². The van der Waals surface area contributed by atoms with Gasteiger partial charge in [-0.25, -0.2) is 9.97 Å². The second-order valence-electron chi connectivity index (χ2n) is 8.05. The molecule has 2 heterocycles. The number of allylic oxidation sites excluding steroid dienone is 1. The van der Waals surface area contributed by atoms with Crippen LogP contribution in [0.5, 0.6) is 0 Å². The molecule has 0 spiro atoms. The Morgan fingerprint density at radius 2 is 2.03 bits per heavy atom. The van der Waals surface area contributed by atoms with E-state index in [4.69, 9.17) is 5.73 Å². The van der Waals surface area contributed by atoms with E-state index in [0.717, 1.165) is 17.7 Å². The molecule has 1 amide bonds. The van der Waals surface area contributed by atoms with Gasteiger partial charge in [0.25, 0.3) is 5.56 Å². The van der Waals surface area contributed by atoms with Gasteiger partial charge in [-0.15, -0.1) is 0 Å². The van der Waals surface area contributed by atoms with Crippen molar-refractivity contribution in [2.24, 2.45) is 11.8 Å². The third-order valence-corrected chi connectivity index (χ3v) is 6.05. The molecule has 0 radical (unpaired) electrons. The van der Waals surface area contributed by atoms with Crippen LogP contribution in [-0.2, 0) is 10.5 Å². The fourth-order valence-corrected chi connectivity index (χ4v) is 4.34. The molecule has 4 N–H and O–H groups in total. The summed E-state index contributed by atoms with van der Waals surface area (Å²) in [4.78, 5) is 33.1. The van der Waals surface area contributed by atoms with E-state index in [9.17, 15) is 9.59 Å². The summed E-state index contributed by atoms with van der Waals surface area (Å²) in [6.45, 7) is 3.86. The monoisotopic (exact) mass is 394 g/mol. The SMILES string of the molecule is Cc1cc(Nc2cc(N)ncn2)c(=O)n(C2(NC=O)C=CCC(C3CC3)C2)c1C. The molecule has 0 saturated heterocycles. The maximum Gasteiger partial charge on any atom is 0.276 e. The average Bonchev–Trinajstić information content (AvgIpc) is 3.52. The van der Waals surface area contributed by atoms with Gasteiger partial charge in [0.1, 0.15) is 29.3 Å². The summed E-state index contributed by atoms with van der Waals surface area (Å²) < 4.78 is 1.70. The number of carbonyl (C=O) groups excluding carboxylic acids is 1. The molecule has 2 aromatic heterocycles. The number of anilines is 3. The predicted molar refractivity (Wildman–Crippen MR) is 112 cm³/mol. The minimum absolute atomic E-state index is 0.222. The van der Waals surface area contributed by atoms with Gasteiger partial charge in [-0.05, 0) is 69.1 Å². The van der Waals surface area contributed by atoms with Crippen molar-refractivity contribution in [2.75, 3.05) is 11.1 Å². The largest absolute Gasteiger partial charge is 0.384 e. The molecule has 152 valence electrons. The summed E-state index contributed by atoms with van der Waals surface area (Å²) in [7, 11) is 0. The Morgan fingerprint density at radius 3 is 2.72 bits per heavy atom. The summed E-state index contributed by atoms with van der Waals surface area (Å²) in [6, 6.07) is 3.37. The number of carbonyl (C=O) groups is 1. The van der Waals surface area contributed by atoms with Gasteiger partial charge in [-0.3, -0.25) is 14.2 Å². The zero-order chi connectivity index (χ0) is 20.6. The van der Waals surface area contributed by atoms with Gasteiger partial charge >= 0.3 is 0 Å². The molecule has 0 aromatic carbocycles. The second kappa shape index (κ2) is 7.35. The smallest absolute Gasteiger partial charge is 0.276 e. The van der Waals surface area contributed by atoms with Crippen LogP contribution in [0.1, 0.15) is 36.9 Å². The highest BCUT2D eigenvalue weighted by atomic mass is 16.1. The zero-order valence-corrected chi connectivity index (χ0v) is 16.7. The van der Waals surface area contributed by atoms with Crippen molar-refractivity contribution < 1.29 is 4.79 Å². The van der Waals surface area contributed by atoms with Gasteiger partial charge in [0, 0.05) is 11.8 Å². The number of amides is 1. The fourth-order valence-electron chi connectivity index (χ4n) is 4.34. The quantitative estimate of drug-likeness (QED) is 0.512.